The van der Waals surface area contributed by atoms with Gasteiger partial charge in [-0.1, -0.05) is 35.9 Å². The number of hydrogen-bond acceptors (Lipinski definition) is 4. The maximum absolute atomic E-state index is 13.8. The Bertz CT molecular complexity index is 1560. The molecule has 6 nitrogen and oxygen atoms in total. The van der Waals surface area contributed by atoms with Crippen LogP contribution in [0.4, 0.5) is 4.39 Å². The minimum Gasteiger partial charge on any atom is -0.366 e. The van der Waals surface area contributed by atoms with Gasteiger partial charge in [0.2, 0.25) is 0 Å². The number of fused-ring (bicyclic) bond motifs is 1. The topological polar surface area (TPSA) is 68.4 Å². The quantitative estimate of drug-likeness (QED) is 0.446. The molecule has 0 amide bonds. The Morgan fingerprint density at radius 3 is 2.26 bits per heavy atom. The Hall–Kier alpha value is -3.71. The van der Waals surface area contributed by atoms with Crippen LogP contribution in [0.3, 0.4) is 0 Å². The summed E-state index contributed by atoms with van der Waals surface area (Å²) < 4.78 is 16.7. The average molecular weight is 477 g/mol. The number of halogens is 2. The van der Waals surface area contributed by atoms with Gasteiger partial charge in [-0.15, -0.1) is 0 Å². The Labute approximate surface area is 200 Å². The average Bonchev–Trinajstić information content (AvgIpc) is 3.25. The van der Waals surface area contributed by atoms with Crippen LogP contribution in [0.5, 0.6) is 0 Å². The van der Waals surface area contributed by atoms with E-state index in [9.17, 15) is 14.0 Å². The van der Waals surface area contributed by atoms with Gasteiger partial charge in [0.1, 0.15) is 11.7 Å². The van der Waals surface area contributed by atoms with E-state index < -0.39 is 16.9 Å². The molecule has 2 heterocycles. The SMILES string of the molecule is C[C@H]1CN=C(c2ccc3c(c2)n(Cc2cccc(F)c2)c(=O)c(=O)n3Cc2cccc(Cl)c2)N1. The minimum atomic E-state index is -0.675. The van der Waals surface area contributed by atoms with Crippen molar-refractivity contribution in [2.45, 2.75) is 26.1 Å². The number of amidine groups is 1. The summed E-state index contributed by atoms with van der Waals surface area (Å²) in [6.07, 6.45) is 0. The van der Waals surface area contributed by atoms with E-state index in [1.165, 1.54) is 21.3 Å². The van der Waals surface area contributed by atoms with Gasteiger partial charge in [-0.2, -0.15) is 0 Å². The first-order valence-corrected chi connectivity index (χ1v) is 11.3. The molecule has 1 aliphatic rings. The van der Waals surface area contributed by atoms with Gasteiger partial charge in [-0.05, 0) is 60.5 Å². The summed E-state index contributed by atoms with van der Waals surface area (Å²) in [7, 11) is 0. The summed E-state index contributed by atoms with van der Waals surface area (Å²) in [5, 5.41) is 3.88. The van der Waals surface area contributed by atoms with Gasteiger partial charge in [0.05, 0.1) is 30.7 Å². The van der Waals surface area contributed by atoms with Crippen molar-refractivity contribution in [3.8, 4) is 0 Å². The maximum Gasteiger partial charge on any atom is 0.317 e. The van der Waals surface area contributed by atoms with E-state index in [-0.39, 0.29) is 19.1 Å². The lowest BCUT2D eigenvalue weighted by Crippen LogP contribution is -2.42. The van der Waals surface area contributed by atoms with Gasteiger partial charge in [0.25, 0.3) is 0 Å². The molecule has 8 heteroatoms. The van der Waals surface area contributed by atoms with Crippen molar-refractivity contribution >= 4 is 28.5 Å². The zero-order valence-electron chi connectivity index (χ0n) is 18.5. The molecular weight excluding hydrogens is 455 g/mol. The number of hydrogen-bond donors (Lipinski definition) is 1. The highest BCUT2D eigenvalue weighted by molar-refractivity contribution is 6.30. The molecular formula is C26H22ClFN4O2. The molecule has 1 N–H and O–H groups in total. The molecule has 1 aromatic heterocycles. The highest BCUT2D eigenvalue weighted by atomic mass is 35.5. The smallest absolute Gasteiger partial charge is 0.317 e. The second kappa shape index (κ2) is 8.91. The Morgan fingerprint density at radius 2 is 1.62 bits per heavy atom. The van der Waals surface area contributed by atoms with Crippen molar-refractivity contribution in [3.63, 3.8) is 0 Å². The van der Waals surface area contributed by atoms with Crippen LogP contribution in [0, 0.1) is 5.82 Å². The highest BCUT2D eigenvalue weighted by Gasteiger charge is 2.18. The van der Waals surface area contributed by atoms with E-state index in [4.69, 9.17) is 11.6 Å². The fourth-order valence-electron chi connectivity index (χ4n) is 4.24. The number of nitrogens with one attached hydrogen (secondary N) is 1. The monoisotopic (exact) mass is 476 g/mol. The molecule has 0 unspecified atom stereocenters. The molecule has 1 aliphatic heterocycles. The molecule has 3 aromatic carbocycles. The minimum absolute atomic E-state index is 0.0695. The van der Waals surface area contributed by atoms with Gasteiger partial charge in [0, 0.05) is 16.6 Å². The van der Waals surface area contributed by atoms with Crippen molar-refractivity contribution in [2.24, 2.45) is 4.99 Å². The lowest BCUT2D eigenvalue weighted by Gasteiger charge is -2.17. The van der Waals surface area contributed by atoms with Gasteiger partial charge in [-0.3, -0.25) is 23.7 Å². The Balaban J connectivity index is 1.71. The van der Waals surface area contributed by atoms with Gasteiger partial charge in [0.15, 0.2) is 0 Å². The Morgan fingerprint density at radius 1 is 0.941 bits per heavy atom. The van der Waals surface area contributed by atoms with Crippen LogP contribution in [0.25, 0.3) is 11.0 Å². The van der Waals surface area contributed by atoms with Crippen LogP contribution in [-0.2, 0) is 13.1 Å². The molecule has 0 saturated heterocycles. The number of benzene rings is 3. The third-order valence-electron chi connectivity index (χ3n) is 5.87. The summed E-state index contributed by atoms with van der Waals surface area (Å²) in [4.78, 5) is 31.1. The molecule has 172 valence electrons. The van der Waals surface area contributed by atoms with E-state index in [2.05, 4.69) is 10.3 Å². The predicted octanol–water partition coefficient (Wildman–Crippen LogP) is 3.79. The van der Waals surface area contributed by atoms with Crippen LogP contribution in [-0.4, -0.2) is 27.6 Å². The second-order valence-electron chi connectivity index (χ2n) is 8.48. The van der Waals surface area contributed by atoms with E-state index >= 15 is 0 Å². The number of nitrogens with zero attached hydrogens (tertiary/aromatic N) is 3. The molecule has 0 bridgehead atoms. The van der Waals surface area contributed by atoms with Gasteiger partial charge in [-0.25, -0.2) is 4.39 Å². The third kappa shape index (κ3) is 4.26. The summed E-state index contributed by atoms with van der Waals surface area (Å²) >= 11 is 6.13. The van der Waals surface area contributed by atoms with Crippen molar-refractivity contribution in [3.05, 3.63) is 115 Å². The molecule has 4 aromatic rings. The largest absolute Gasteiger partial charge is 0.366 e. The zero-order chi connectivity index (χ0) is 23.8. The molecule has 0 saturated carbocycles. The summed E-state index contributed by atoms with van der Waals surface area (Å²) in [5.74, 6) is 0.343. The first-order valence-electron chi connectivity index (χ1n) is 11.0. The molecule has 0 radical (unpaired) electrons. The molecule has 0 aliphatic carbocycles. The summed E-state index contributed by atoms with van der Waals surface area (Å²) in [6, 6.07) is 19.0. The standard InChI is InChI=1S/C26H22ClFN4O2/c1-16-13-29-24(30-16)19-8-9-22-23(12-19)32(15-18-5-3-7-21(28)11-18)26(34)25(33)31(22)14-17-4-2-6-20(27)10-17/h2-12,16H,13-15H2,1H3,(H,29,30)/t16-/m0/s1. The van der Waals surface area contributed by atoms with E-state index in [1.807, 2.05) is 31.2 Å². The van der Waals surface area contributed by atoms with Crippen LogP contribution in [0.2, 0.25) is 5.02 Å². The molecule has 34 heavy (non-hydrogen) atoms. The van der Waals surface area contributed by atoms with Crippen molar-refractivity contribution in [1.82, 2.24) is 14.5 Å². The molecule has 1 atom stereocenters. The van der Waals surface area contributed by atoms with E-state index in [1.54, 1.807) is 30.3 Å². The van der Waals surface area contributed by atoms with E-state index in [0.717, 1.165) is 17.0 Å². The summed E-state index contributed by atoms with van der Waals surface area (Å²) in [5.41, 5.74) is 2.04. The van der Waals surface area contributed by atoms with E-state index in [0.29, 0.717) is 28.2 Å². The van der Waals surface area contributed by atoms with Crippen molar-refractivity contribution < 1.29 is 4.39 Å². The fourth-order valence-corrected chi connectivity index (χ4v) is 4.46. The normalized spacial score (nSPS) is 15.4. The maximum atomic E-state index is 13.8. The molecule has 0 fully saturated rings. The second-order valence-corrected chi connectivity index (χ2v) is 8.92. The first-order chi connectivity index (χ1) is 16.4. The van der Waals surface area contributed by atoms with Crippen LogP contribution < -0.4 is 16.4 Å². The predicted molar refractivity (Wildman–Crippen MR) is 133 cm³/mol. The summed E-state index contributed by atoms with van der Waals surface area (Å²) in [6.45, 7) is 2.97. The van der Waals surface area contributed by atoms with Crippen molar-refractivity contribution in [2.75, 3.05) is 6.54 Å². The molecule has 5 rings (SSSR count). The number of aromatic nitrogens is 2. The van der Waals surface area contributed by atoms with Gasteiger partial charge >= 0.3 is 11.1 Å². The van der Waals surface area contributed by atoms with Gasteiger partial charge < -0.3 is 5.32 Å². The van der Waals surface area contributed by atoms with Crippen LogP contribution >= 0.6 is 11.6 Å². The molecule has 0 spiro atoms. The van der Waals surface area contributed by atoms with Crippen LogP contribution in [0.1, 0.15) is 23.6 Å². The number of aliphatic imine (C=N–C) groups is 1. The number of rotatable bonds is 5. The Kier molecular flexibility index (Phi) is 5.79. The first kappa shape index (κ1) is 22.1. The fraction of sp³-hybridized carbons (Fsp3) is 0.192. The van der Waals surface area contributed by atoms with Crippen molar-refractivity contribution in [1.29, 1.82) is 0 Å². The lowest BCUT2D eigenvalue weighted by atomic mass is 10.1. The zero-order valence-corrected chi connectivity index (χ0v) is 19.2. The highest BCUT2D eigenvalue weighted by Crippen LogP contribution is 2.19. The lowest BCUT2D eigenvalue weighted by molar-refractivity contribution is 0.622. The third-order valence-corrected chi connectivity index (χ3v) is 6.10. The van der Waals surface area contributed by atoms with Crippen LogP contribution in [0.15, 0.2) is 81.3 Å².